The lowest BCUT2D eigenvalue weighted by Gasteiger charge is -2.30. The van der Waals surface area contributed by atoms with Gasteiger partial charge >= 0.3 is 17.9 Å². The highest BCUT2D eigenvalue weighted by Crippen LogP contribution is 2.22. The number of aliphatic carboxylic acids is 3. The van der Waals surface area contributed by atoms with Gasteiger partial charge in [-0.25, -0.2) is 9.78 Å². The molecular weight excluding hydrogens is 1950 g/mol. The molecule has 0 unspecified atom stereocenters. The third-order valence-corrected chi connectivity index (χ3v) is 23.4. The van der Waals surface area contributed by atoms with Crippen LogP contribution in [0.5, 0.6) is 0 Å². The Bertz CT molecular complexity index is 4910. The highest BCUT2D eigenvalue weighted by atomic mass is 16.4. The summed E-state index contributed by atoms with van der Waals surface area (Å²) in [4.78, 5) is 322. The Morgan fingerprint density at radius 1 is 0.409 bits per heavy atom. The maximum Gasteiger partial charge on any atom is 0.326 e. The Kier molecular flexibility index (Phi) is 55.6. The van der Waals surface area contributed by atoms with Gasteiger partial charge in [-0.2, -0.15) is 0 Å². The van der Waals surface area contributed by atoms with E-state index in [1.807, 2.05) is 13.8 Å². The molecule has 32 N–H and O–H groups in total. The molecule has 2 heterocycles. The van der Waals surface area contributed by atoms with Crippen LogP contribution in [0.3, 0.4) is 0 Å². The summed E-state index contributed by atoms with van der Waals surface area (Å²) in [6.07, 6.45) is -1.59. The van der Waals surface area contributed by atoms with E-state index >= 15 is 0 Å². The van der Waals surface area contributed by atoms with Crippen molar-refractivity contribution < 1.29 is 136 Å². The average molecular weight is 2110 g/mol. The molecule has 1 aromatic carbocycles. The molecule has 0 aliphatic carbocycles. The molecule has 1 aliphatic heterocycles. The minimum absolute atomic E-state index is 0.0331. The van der Waals surface area contributed by atoms with E-state index in [1.165, 1.54) is 59.0 Å². The number of H-pyrrole nitrogens is 1. The molecule has 2 aromatic rings. The molecule has 1 aliphatic rings. The summed E-state index contributed by atoms with van der Waals surface area (Å²) in [7, 11) is 0. The van der Waals surface area contributed by atoms with Gasteiger partial charge in [0.05, 0.1) is 50.8 Å². The van der Waals surface area contributed by atoms with E-state index in [2.05, 4.69) is 111 Å². The van der Waals surface area contributed by atoms with Crippen molar-refractivity contribution in [1.29, 1.82) is 5.41 Å². The number of likely N-dealkylation sites (tertiary alicyclic amines) is 1. The van der Waals surface area contributed by atoms with Crippen LogP contribution in [0.2, 0.25) is 0 Å². The number of aliphatic hydroxyl groups excluding tert-OH is 2. The third-order valence-electron chi connectivity index (χ3n) is 23.4. The van der Waals surface area contributed by atoms with Crippen molar-refractivity contribution in [3.8, 4) is 0 Å². The van der Waals surface area contributed by atoms with E-state index in [-0.39, 0.29) is 75.6 Å². The highest BCUT2D eigenvalue weighted by Gasteiger charge is 2.43. The summed E-state index contributed by atoms with van der Waals surface area (Å²) in [5.74, 6) is -28.4. The number of guanidine groups is 1. The largest absolute Gasteiger partial charge is 0.481 e. The van der Waals surface area contributed by atoms with Gasteiger partial charge in [0.1, 0.15) is 103 Å². The second-order valence-corrected chi connectivity index (χ2v) is 39.4. The maximum absolute atomic E-state index is 14.6. The van der Waals surface area contributed by atoms with Crippen molar-refractivity contribution in [3.05, 3.63) is 54.1 Å². The van der Waals surface area contributed by atoms with E-state index in [9.17, 15) is 136 Å². The maximum atomic E-state index is 14.6. The van der Waals surface area contributed by atoms with Gasteiger partial charge < -0.3 is 154 Å². The van der Waals surface area contributed by atoms with Crippen molar-refractivity contribution in [2.45, 2.75) is 316 Å². The number of aromatic nitrogens is 2. The van der Waals surface area contributed by atoms with Crippen molar-refractivity contribution in [2.75, 3.05) is 39.4 Å². The zero-order valence-electron chi connectivity index (χ0n) is 87.1. The molecule has 832 valence electrons. The van der Waals surface area contributed by atoms with E-state index in [1.54, 1.807) is 85.7 Å². The van der Waals surface area contributed by atoms with Crippen molar-refractivity contribution in [1.82, 2.24) is 116 Å². The first-order chi connectivity index (χ1) is 69.8. The van der Waals surface area contributed by atoms with Crippen LogP contribution in [-0.4, -0.2) is 331 Å². The molecule has 3 rings (SSSR count). The summed E-state index contributed by atoms with van der Waals surface area (Å²) in [5.41, 5.74) is 17.9. The van der Waals surface area contributed by atoms with Crippen LogP contribution in [0.15, 0.2) is 42.9 Å². The molecule has 20 amide bonds. The Hall–Kier alpha value is -14.6. The number of amides is 20. The summed E-state index contributed by atoms with van der Waals surface area (Å²) in [6, 6.07) is -19.3. The normalized spacial score (nSPS) is 15.7. The zero-order chi connectivity index (χ0) is 113. The molecule has 1 fully saturated rings. The number of nitrogens with zero attached hydrogens (tertiary/aromatic N) is 2. The number of nitrogens with one attached hydrogen (secondary N) is 21. The second kappa shape index (κ2) is 64.5. The fourth-order valence-electron chi connectivity index (χ4n) is 15.4. The summed E-state index contributed by atoms with van der Waals surface area (Å²) in [6.45, 7) is 21.6. The number of carbonyl (C=O) groups excluding carboxylic acids is 20. The minimum Gasteiger partial charge on any atom is -0.481 e. The minimum atomic E-state index is -2.12. The fourth-order valence-corrected chi connectivity index (χ4v) is 15.4. The molecular formula is C95H154N26O28. The van der Waals surface area contributed by atoms with Crippen LogP contribution < -0.4 is 118 Å². The first-order valence-corrected chi connectivity index (χ1v) is 49.5. The Morgan fingerprint density at radius 2 is 0.812 bits per heavy atom. The van der Waals surface area contributed by atoms with Crippen molar-refractivity contribution >= 4 is 142 Å². The monoisotopic (exact) mass is 2110 g/mol. The molecule has 0 bridgehead atoms. The highest BCUT2D eigenvalue weighted by molar-refractivity contribution is 6.03. The quantitative estimate of drug-likeness (QED) is 0.0166. The zero-order valence-corrected chi connectivity index (χ0v) is 87.1. The molecule has 1 aromatic heterocycles. The predicted octanol–water partition coefficient (Wildman–Crippen LogP) is -7.37. The number of carboxylic acid groups (broad SMARTS) is 3. The van der Waals surface area contributed by atoms with Gasteiger partial charge in [0.25, 0.3) is 0 Å². The Labute approximate surface area is 863 Å². The fraction of sp³-hybridized carbons (Fsp3) is 0.653. The number of rotatable bonds is 67. The molecule has 0 radical (unpaired) electrons. The van der Waals surface area contributed by atoms with Crippen molar-refractivity contribution in [3.63, 3.8) is 0 Å². The second-order valence-electron chi connectivity index (χ2n) is 39.4. The van der Waals surface area contributed by atoms with Crippen LogP contribution in [0.4, 0.5) is 0 Å². The van der Waals surface area contributed by atoms with Gasteiger partial charge in [-0.05, 0) is 125 Å². The smallest absolute Gasteiger partial charge is 0.326 e. The number of primary amides is 1. The van der Waals surface area contributed by atoms with Crippen LogP contribution in [0.1, 0.15) is 206 Å². The Balaban J connectivity index is 1.84. The summed E-state index contributed by atoms with van der Waals surface area (Å²) in [5, 5.41) is 104. The first kappa shape index (κ1) is 129. The SMILES string of the molecule is CC(C)C[C@H](NC(=O)CNC(=O)[C@@H](NC(=O)[C@H](C)NC(=O)[C@H](CCC(N)=O)NC(=O)[C@@H](NC(=O)[C@@H](NC(=O)[C@H](CCCNC(=N)N)NC(=O)[C@H](CO)NC(=O)[C@H](CC(C)C)NC(=O)[C@H](CC(C)C)NC(=O)[C@H](CC(=O)O)NC(=O)[C@H](Cc1c[nH]cn1)NC(=O)[C@H](CCC(=O)O)NC(=O)[C@H](CO)NC(=O)[C@H](C)NC(=O)CNC(=O)[C@@H]1CCCN1C(=O)[C@H](Cc1ccccc1)NC(=O)[C@@H](N)CC(C)C)C(C)C)C(C)C)C(C)C)C(=O)O. The molecule has 54 heteroatoms. The van der Waals surface area contributed by atoms with Crippen LogP contribution in [-0.2, 0) is 123 Å². The molecule has 1 saturated heterocycles. The van der Waals surface area contributed by atoms with E-state index in [4.69, 9.17) is 22.6 Å². The van der Waals surface area contributed by atoms with Gasteiger partial charge in [-0.1, -0.05) is 127 Å². The Morgan fingerprint density at radius 3 is 1.31 bits per heavy atom. The topological polar surface area (TPSA) is 856 Å². The molecule has 0 saturated carbocycles. The van der Waals surface area contributed by atoms with Gasteiger partial charge in [-0.3, -0.25) is 111 Å². The van der Waals surface area contributed by atoms with Crippen LogP contribution in [0, 0.1) is 46.8 Å². The lowest BCUT2D eigenvalue weighted by atomic mass is 9.98. The number of imidazole rings is 1. The number of carbonyl (C=O) groups is 23. The van der Waals surface area contributed by atoms with Gasteiger partial charge in [0.2, 0.25) is 118 Å². The summed E-state index contributed by atoms with van der Waals surface area (Å²) >= 11 is 0. The van der Waals surface area contributed by atoms with E-state index < -0.39 is 345 Å². The summed E-state index contributed by atoms with van der Waals surface area (Å²) < 4.78 is 0. The van der Waals surface area contributed by atoms with Crippen molar-refractivity contribution in [2.24, 2.45) is 58.6 Å². The molecule has 18 atom stereocenters. The lowest BCUT2D eigenvalue weighted by molar-refractivity contribution is -0.142. The van der Waals surface area contributed by atoms with E-state index in [0.717, 1.165) is 0 Å². The van der Waals surface area contributed by atoms with Gasteiger partial charge in [0, 0.05) is 45.0 Å². The molecule has 149 heavy (non-hydrogen) atoms. The lowest BCUT2D eigenvalue weighted by Crippen LogP contribution is -2.62. The number of hydrogen-bond acceptors (Lipinski definition) is 28. The van der Waals surface area contributed by atoms with Crippen LogP contribution in [0.25, 0.3) is 0 Å². The number of aliphatic hydroxyl groups is 2. The number of nitrogens with two attached hydrogens (primary N) is 3. The van der Waals surface area contributed by atoms with Gasteiger partial charge in [0.15, 0.2) is 5.96 Å². The van der Waals surface area contributed by atoms with Crippen LogP contribution >= 0.6 is 0 Å². The standard InChI is InChI=1S/C95H154N26O28/c1-45(2)32-56(96)79(133)115-64(36-54-22-18-17-19-23-54)93(147)121-31-21-25-68(121)89(143)102-40-70(125)105-52(15)77(131)116-66(42-122)87(141)109-59(27-29-72(127)128)81(135)113-62(37-55-39-100-44-104-55)85(139)114-63(38-73(129)130)86(140)112-60(33-46(3)4)83(137)111-61(34-47(5)6)84(138)117-67(43-123)88(142)108-57(24-20-30-101-95(98)99)82(136)119-76(51(13)14)92(146)120-75(50(11)12)91(145)110-58(26-28-69(97)124)80(134)106-53(16)78(132)118-74(49(9)10)90(144)103-41-71(126)107-65(94(148)149)35-48(7)8/h17-19,22-23,39,44-53,56-68,74-76,122-123H,20-21,24-38,40-43,96H2,1-16H3,(H2,97,124)(H,100,104)(H,102,143)(H,103,144)(H,105,125)(H,106,134)(H,107,126)(H,108,142)(H,109,141)(H,110,145)(H,111,137)(H,112,140)(H,113,135)(H,114,139)(H,115,133)(H,116,131)(H,117,138)(H,118,132)(H,119,136)(H,120,146)(H,127,128)(H,129,130)(H,148,149)(H4,98,99,101)/t52-,53-,56-,57-,58-,59-,60-,61-,62-,63-,64-,65-,66-,67-,68-,74-,75-,76-/m0/s1. The first-order valence-electron chi connectivity index (χ1n) is 49.5. The number of aromatic amines is 1. The average Bonchev–Trinajstić information content (AvgIpc) is 1.73. The van der Waals surface area contributed by atoms with E-state index in [0.29, 0.717) is 18.4 Å². The third kappa shape index (κ3) is 47.0. The van der Waals surface area contributed by atoms with Gasteiger partial charge in [-0.15, -0.1) is 0 Å². The number of benzene rings is 1. The molecule has 54 nitrogen and oxygen atoms in total. The molecule has 0 spiro atoms. The predicted molar refractivity (Wildman–Crippen MR) is 534 cm³/mol. The number of hydrogen-bond donors (Lipinski definition) is 29. The number of carboxylic acids is 3.